The lowest BCUT2D eigenvalue weighted by Gasteiger charge is -2.35. The molecule has 0 aromatic rings. The number of piperazine rings is 1. The Hall–Kier alpha value is -0.770. The van der Waals surface area contributed by atoms with Crippen LogP contribution in [0.4, 0.5) is 4.79 Å². The standard InChI is InChI=1S/C9H16N2O2/c1-6(2)10-4-8-3-7(10)5-11(8)9(12)13/h6-8H,3-5H2,1-2H3,(H,12,13). The Balaban J connectivity index is 2.03. The molecule has 2 unspecified atom stereocenters. The SMILES string of the molecule is CC(C)N1CC2CC1CN2C(=O)O. The van der Waals surface area contributed by atoms with Crippen molar-refractivity contribution in [3.8, 4) is 0 Å². The highest BCUT2D eigenvalue weighted by Crippen LogP contribution is 2.31. The van der Waals surface area contributed by atoms with Crippen LogP contribution in [0, 0.1) is 0 Å². The predicted molar refractivity (Wildman–Crippen MR) is 48.8 cm³/mol. The van der Waals surface area contributed by atoms with Crippen molar-refractivity contribution in [2.24, 2.45) is 0 Å². The molecule has 2 saturated heterocycles. The van der Waals surface area contributed by atoms with Crippen LogP contribution < -0.4 is 0 Å². The molecule has 2 aliphatic heterocycles. The number of carbonyl (C=O) groups is 1. The highest BCUT2D eigenvalue weighted by atomic mass is 16.4. The molecule has 4 heteroatoms. The summed E-state index contributed by atoms with van der Waals surface area (Å²) in [5, 5.41) is 8.87. The quantitative estimate of drug-likeness (QED) is 0.656. The number of amides is 1. The molecule has 0 saturated carbocycles. The van der Waals surface area contributed by atoms with Gasteiger partial charge in [0.2, 0.25) is 0 Å². The second-order valence-electron chi connectivity index (χ2n) is 4.27. The van der Waals surface area contributed by atoms with Gasteiger partial charge in [-0.25, -0.2) is 4.79 Å². The number of carboxylic acid groups (broad SMARTS) is 1. The third-order valence-corrected chi connectivity index (χ3v) is 3.19. The van der Waals surface area contributed by atoms with E-state index in [1.54, 1.807) is 4.90 Å². The largest absolute Gasteiger partial charge is 0.465 e. The molecular formula is C9H16N2O2. The van der Waals surface area contributed by atoms with E-state index in [0.717, 1.165) is 13.0 Å². The van der Waals surface area contributed by atoms with Gasteiger partial charge in [-0.05, 0) is 20.3 Å². The number of hydrogen-bond acceptors (Lipinski definition) is 2. The van der Waals surface area contributed by atoms with Crippen molar-refractivity contribution in [2.75, 3.05) is 13.1 Å². The summed E-state index contributed by atoms with van der Waals surface area (Å²) in [5.41, 5.74) is 0. The van der Waals surface area contributed by atoms with Crippen LogP contribution in [0.15, 0.2) is 0 Å². The molecule has 1 amide bonds. The van der Waals surface area contributed by atoms with E-state index in [9.17, 15) is 4.79 Å². The molecule has 2 rings (SSSR count). The Morgan fingerprint density at radius 2 is 2.08 bits per heavy atom. The zero-order chi connectivity index (χ0) is 9.59. The molecule has 0 aromatic heterocycles. The van der Waals surface area contributed by atoms with Gasteiger partial charge >= 0.3 is 6.09 Å². The van der Waals surface area contributed by atoms with E-state index in [-0.39, 0.29) is 6.04 Å². The maximum absolute atomic E-state index is 10.8. The zero-order valence-electron chi connectivity index (χ0n) is 8.10. The number of likely N-dealkylation sites (tertiary alicyclic amines) is 2. The van der Waals surface area contributed by atoms with E-state index in [1.165, 1.54) is 0 Å². The van der Waals surface area contributed by atoms with Crippen molar-refractivity contribution >= 4 is 6.09 Å². The smallest absolute Gasteiger partial charge is 0.407 e. The first kappa shape index (κ1) is 8.81. The van der Waals surface area contributed by atoms with Crippen LogP contribution in [0.3, 0.4) is 0 Å². The van der Waals surface area contributed by atoms with Gasteiger partial charge in [0.15, 0.2) is 0 Å². The Morgan fingerprint density at radius 1 is 1.38 bits per heavy atom. The average molecular weight is 184 g/mol. The molecule has 0 radical (unpaired) electrons. The topological polar surface area (TPSA) is 43.8 Å². The lowest BCUT2D eigenvalue weighted by Crippen LogP contribution is -2.50. The third-order valence-electron chi connectivity index (χ3n) is 3.19. The summed E-state index contributed by atoms with van der Waals surface area (Å²) in [6, 6.07) is 1.27. The van der Waals surface area contributed by atoms with E-state index in [4.69, 9.17) is 5.11 Å². The molecule has 4 nitrogen and oxygen atoms in total. The zero-order valence-corrected chi connectivity index (χ0v) is 8.10. The first-order valence-corrected chi connectivity index (χ1v) is 4.85. The first-order chi connectivity index (χ1) is 6.09. The molecule has 2 bridgehead atoms. The van der Waals surface area contributed by atoms with E-state index < -0.39 is 6.09 Å². The molecule has 0 aliphatic carbocycles. The summed E-state index contributed by atoms with van der Waals surface area (Å²) < 4.78 is 0. The van der Waals surface area contributed by atoms with E-state index >= 15 is 0 Å². The fourth-order valence-electron chi connectivity index (χ4n) is 2.56. The Kier molecular flexibility index (Phi) is 1.95. The summed E-state index contributed by atoms with van der Waals surface area (Å²) in [5.74, 6) is 0. The van der Waals surface area contributed by atoms with Gasteiger partial charge in [-0.1, -0.05) is 0 Å². The second kappa shape index (κ2) is 2.87. The molecule has 1 N–H and O–H groups in total. The predicted octanol–water partition coefficient (Wildman–Crippen LogP) is 0.831. The van der Waals surface area contributed by atoms with E-state index in [2.05, 4.69) is 18.7 Å². The van der Waals surface area contributed by atoms with Gasteiger partial charge in [-0.2, -0.15) is 0 Å². The molecule has 2 heterocycles. The summed E-state index contributed by atoms with van der Waals surface area (Å²) in [6.45, 7) is 5.98. The molecular weight excluding hydrogens is 168 g/mol. The van der Waals surface area contributed by atoms with Crippen molar-refractivity contribution in [1.82, 2.24) is 9.80 Å². The van der Waals surface area contributed by atoms with Crippen molar-refractivity contribution in [2.45, 2.75) is 38.4 Å². The average Bonchev–Trinajstić information content (AvgIpc) is 2.60. The van der Waals surface area contributed by atoms with Crippen LogP contribution in [0.1, 0.15) is 20.3 Å². The fourth-order valence-corrected chi connectivity index (χ4v) is 2.56. The molecule has 13 heavy (non-hydrogen) atoms. The number of fused-ring (bicyclic) bond motifs is 2. The monoisotopic (exact) mass is 184 g/mol. The third kappa shape index (κ3) is 1.29. The highest BCUT2D eigenvalue weighted by Gasteiger charge is 2.45. The van der Waals surface area contributed by atoms with Crippen LogP contribution in [0.25, 0.3) is 0 Å². The van der Waals surface area contributed by atoms with Gasteiger partial charge in [0.1, 0.15) is 0 Å². The van der Waals surface area contributed by atoms with Gasteiger partial charge in [-0.15, -0.1) is 0 Å². The van der Waals surface area contributed by atoms with Crippen molar-refractivity contribution in [3.63, 3.8) is 0 Å². The molecule has 2 aliphatic rings. The summed E-state index contributed by atoms with van der Waals surface area (Å²) in [7, 11) is 0. The number of hydrogen-bond donors (Lipinski definition) is 1. The molecule has 74 valence electrons. The van der Waals surface area contributed by atoms with Crippen molar-refractivity contribution in [1.29, 1.82) is 0 Å². The van der Waals surface area contributed by atoms with Gasteiger partial charge in [0, 0.05) is 31.2 Å². The summed E-state index contributed by atoms with van der Waals surface area (Å²) in [6.07, 6.45) is 0.278. The maximum Gasteiger partial charge on any atom is 0.407 e. The molecule has 0 spiro atoms. The Labute approximate surface area is 78.1 Å². The van der Waals surface area contributed by atoms with Crippen LogP contribution in [0.2, 0.25) is 0 Å². The minimum Gasteiger partial charge on any atom is -0.465 e. The van der Waals surface area contributed by atoms with E-state index in [0.29, 0.717) is 18.6 Å². The van der Waals surface area contributed by atoms with Crippen LogP contribution in [-0.4, -0.2) is 52.2 Å². The molecule has 0 aromatic carbocycles. The molecule has 2 fully saturated rings. The van der Waals surface area contributed by atoms with Crippen LogP contribution in [0.5, 0.6) is 0 Å². The maximum atomic E-state index is 10.8. The lowest BCUT2D eigenvalue weighted by atomic mass is 10.2. The first-order valence-electron chi connectivity index (χ1n) is 4.85. The van der Waals surface area contributed by atoms with Gasteiger partial charge in [0.05, 0.1) is 0 Å². The van der Waals surface area contributed by atoms with E-state index in [1.807, 2.05) is 0 Å². The normalized spacial score (nSPS) is 33.3. The van der Waals surface area contributed by atoms with Gasteiger partial charge in [0.25, 0.3) is 0 Å². The van der Waals surface area contributed by atoms with Crippen LogP contribution in [-0.2, 0) is 0 Å². The number of rotatable bonds is 1. The Morgan fingerprint density at radius 3 is 2.46 bits per heavy atom. The summed E-state index contributed by atoms with van der Waals surface area (Å²) >= 11 is 0. The molecule has 2 atom stereocenters. The minimum absolute atomic E-state index is 0.255. The number of nitrogens with zero attached hydrogens (tertiary/aromatic N) is 2. The van der Waals surface area contributed by atoms with Crippen molar-refractivity contribution in [3.05, 3.63) is 0 Å². The Bertz CT molecular complexity index is 230. The van der Waals surface area contributed by atoms with Crippen molar-refractivity contribution < 1.29 is 9.90 Å². The fraction of sp³-hybridized carbons (Fsp3) is 0.889. The lowest BCUT2D eigenvalue weighted by molar-refractivity contribution is 0.0900. The minimum atomic E-state index is -0.754. The highest BCUT2D eigenvalue weighted by molar-refractivity contribution is 5.66. The van der Waals surface area contributed by atoms with Gasteiger partial charge in [-0.3, -0.25) is 4.90 Å². The second-order valence-corrected chi connectivity index (χ2v) is 4.27. The van der Waals surface area contributed by atoms with Crippen LogP contribution >= 0.6 is 0 Å². The summed E-state index contributed by atoms with van der Waals surface area (Å²) in [4.78, 5) is 14.8. The van der Waals surface area contributed by atoms with Gasteiger partial charge < -0.3 is 10.0 Å².